The molecule has 6 heteroatoms. The number of carbonyl (C=O) groups is 2. The van der Waals surface area contributed by atoms with Gasteiger partial charge in [-0.15, -0.1) is 0 Å². The third-order valence-electron chi connectivity index (χ3n) is 2.69. The molecular weight excluding hydrogens is 247 g/mol. The van der Waals surface area contributed by atoms with E-state index in [-0.39, 0.29) is 17.9 Å². The zero-order chi connectivity index (χ0) is 13.3. The highest BCUT2D eigenvalue weighted by Gasteiger charge is 2.28. The van der Waals surface area contributed by atoms with Crippen molar-refractivity contribution in [3.8, 4) is 0 Å². The van der Waals surface area contributed by atoms with Gasteiger partial charge in [0.05, 0.1) is 12.8 Å². The Kier molecular flexibility index (Phi) is 3.11. The van der Waals surface area contributed by atoms with Crippen LogP contribution in [0.4, 0.5) is 18.9 Å². The number of anilines is 1. The summed E-state index contributed by atoms with van der Waals surface area (Å²) in [5.74, 6) is -0.737. The topological polar surface area (TPSA) is 46.2 Å². The number of fused-ring (bicyclic) bond motifs is 1. The summed E-state index contributed by atoms with van der Waals surface area (Å²) >= 11 is 0. The summed E-state index contributed by atoms with van der Waals surface area (Å²) in [5, 5.41) is 2.59. The molecule has 2 rings (SSSR count). The zero-order valence-corrected chi connectivity index (χ0v) is 9.30. The molecule has 0 unspecified atom stereocenters. The Morgan fingerprint density at radius 1 is 1.33 bits per heavy atom. The summed E-state index contributed by atoms with van der Waals surface area (Å²) in [6.45, 7) is 0. The van der Waals surface area contributed by atoms with Gasteiger partial charge in [0, 0.05) is 17.7 Å². The molecular formula is C12H10F3NO2. The number of amides is 1. The highest BCUT2D eigenvalue weighted by atomic mass is 19.4. The van der Waals surface area contributed by atoms with Crippen molar-refractivity contribution in [1.29, 1.82) is 0 Å². The first-order valence-corrected chi connectivity index (χ1v) is 5.38. The fraction of sp³-hybridized carbons (Fsp3) is 0.333. The van der Waals surface area contributed by atoms with Crippen LogP contribution < -0.4 is 5.32 Å². The lowest BCUT2D eigenvalue weighted by Gasteiger charge is -2.06. The molecule has 1 N–H and O–H groups in total. The SMILES string of the molecule is O=C1Cc2cc(C(=O)CCC(F)(F)F)ccc2N1. The first-order chi connectivity index (χ1) is 8.35. The van der Waals surface area contributed by atoms with Gasteiger partial charge < -0.3 is 5.32 Å². The molecule has 3 nitrogen and oxygen atoms in total. The lowest BCUT2D eigenvalue weighted by Crippen LogP contribution is -2.11. The molecule has 1 aromatic rings. The summed E-state index contributed by atoms with van der Waals surface area (Å²) in [7, 11) is 0. The van der Waals surface area contributed by atoms with Crippen molar-refractivity contribution in [1.82, 2.24) is 0 Å². The molecule has 18 heavy (non-hydrogen) atoms. The van der Waals surface area contributed by atoms with Crippen LogP contribution in [-0.4, -0.2) is 17.9 Å². The van der Waals surface area contributed by atoms with Crippen LogP contribution in [-0.2, 0) is 11.2 Å². The van der Waals surface area contributed by atoms with E-state index in [1.54, 1.807) is 6.07 Å². The van der Waals surface area contributed by atoms with E-state index in [2.05, 4.69) is 5.32 Å². The Balaban J connectivity index is 2.08. The number of ketones is 1. The standard InChI is InChI=1S/C12H10F3NO2/c13-12(14,15)4-3-10(17)7-1-2-9-8(5-7)6-11(18)16-9/h1-2,5H,3-4,6H2,(H,16,18). The van der Waals surface area contributed by atoms with Crippen molar-refractivity contribution in [3.05, 3.63) is 29.3 Å². The van der Waals surface area contributed by atoms with E-state index in [1.807, 2.05) is 0 Å². The van der Waals surface area contributed by atoms with Crippen molar-refractivity contribution >= 4 is 17.4 Å². The van der Waals surface area contributed by atoms with Crippen molar-refractivity contribution in [2.24, 2.45) is 0 Å². The van der Waals surface area contributed by atoms with Crippen LogP contribution in [0.3, 0.4) is 0 Å². The molecule has 0 spiro atoms. The first-order valence-electron chi connectivity index (χ1n) is 5.38. The first kappa shape index (κ1) is 12.6. The highest BCUT2D eigenvalue weighted by Crippen LogP contribution is 2.26. The molecule has 0 aliphatic carbocycles. The van der Waals surface area contributed by atoms with Crippen LogP contribution in [0.1, 0.15) is 28.8 Å². The Labute approximate surface area is 101 Å². The second kappa shape index (κ2) is 4.44. The molecule has 0 bridgehead atoms. The van der Waals surface area contributed by atoms with Crippen molar-refractivity contribution in [2.45, 2.75) is 25.4 Å². The van der Waals surface area contributed by atoms with Gasteiger partial charge in [-0.3, -0.25) is 9.59 Å². The second-order valence-electron chi connectivity index (χ2n) is 4.14. The van der Waals surface area contributed by atoms with Crippen LogP contribution >= 0.6 is 0 Å². The number of halogens is 3. The zero-order valence-electron chi connectivity index (χ0n) is 9.30. The molecule has 1 aliphatic rings. The molecule has 0 atom stereocenters. The summed E-state index contributed by atoms with van der Waals surface area (Å²) in [4.78, 5) is 22.7. The second-order valence-corrected chi connectivity index (χ2v) is 4.14. The molecule has 0 aromatic heterocycles. The van der Waals surface area contributed by atoms with E-state index in [9.17, 15) is 22.8 Å². The molecule has 0 fully saturated rings. The fourth-order valence-corrected chi connectivity index (χ4v) is 1.80. The number of hydrogen-bond acceptors (Lipinski definition) is 2. The monoisotopic (exact) mass is 257 g/mol. The van der Waals surface area contributed by atoms with Gasteiger partial charge in [0.1, 0.15) is 0 Å². The van der Waals surface area contributed by atoms with E-state index in [4.69, 9.17) is 0 Å². The third-order valence-corrected chi connectivity index (χ3v) is 2.69. The van der Waals surface area contributed by atoms with Crippen LogP contribution in [0.15, 0.2) is 18.2 Å². The number of alkyl halides is 3. The minimum atomic E-state index is -4.33. The van der Waals surface area contributed by atoms with E-state index in [0.29, 0.717) is 11.3 Å². The van der Waals surface area contributed by atoms with E-state index in [1.165, 1.54) is 12.1 Å². The minimum Gasteiger partial charge on any atom is -0.326 e. The van der Waals surface area contributed by atoms with Crippen molar-refractivity contribution in [2.75, 3.05) is 5.32 Å². The van der Waals surface area contributed by atoms with Gasteiger partial charge in [0.25, 0.3) is 0 Å². The maximum atomic E-state index is 12.0. The van der Waals surface area contributed by atoms with Gasteiger partial charge in [-0.05, 0) is 23.8 Å². The number of nitrogens with one attached hydrogen (secondary N) is 1. The highest BCUT2D eigenvalue weighted by molar-refractivity contribution is 6.02. The molecule has 1 aromatic carbocycles. The predicted molar refractivity (Wildman–Crippen MR) is 58.4 cm³/mol. The number of hydrogen-bond donors (Lipinski definition) is 1. The summed E-state index contributed by atoms with van der Waals surface area (Å²) in [6.07, 6.45) is -5.86. The van der Waals surface area contributed by atoms with Gasteiger partial charge in [-0.1, -0.05) is 0 Å². The Bertz CT molecular complexity index is 509. The Hall–Kier alpha value is -1.85. The normalized spacial score (nSPS) is 14.3. The number of Topliss-reactive ketones (excluding diaryl/α,β-unsaturated/α-hetero) is 1. The molecule has 1 heterocycles. The molecule has 0 saturated heterocycles. The van der Waals surface area contributed by atoms with Gasteiger partial charge in [-0.25, -0.2) is 0 Å². The van der Waals surface area contributed by atoms with Crippen LogP contribution in [0.5, 0.6) is 0 Å². The quantitative estimate of drug-likeness (QED) is 0.846. The maximum Gasteiger partial charge on any atom is 0.389 e. The number of rotatable bonds is 3. The van der Waals surface area contributed by atoms with Crippen molar-refractivity contribution in [3.63, 3.8) is 0 Å². The van der Waals surface area contributed by atoms with Gasteiger partial charge in [-0.2, -0.15) is 13.2 Å². The van der Waals surface area contributed by atoms with Gasteiger partial charge in [0.15, 0.2) is 5.78 Å². The predicted octanol–water partition coefficient (Wildman–Crippen LogP) is 2.71. The molecule has 1 amide bonds. The number of carbonyl (C=O) groups excluding carboxylic acids is 2. The molecule has 96 valence electrons. The average Bonchev–Trinajstić information content (AvgIpc) is 2.63. The molecule has 0 radical (unpaired) electrons. The minimum absolute atomic E-state index is 0.162. The molecule has 1 aliphatic heterocycles. The molecule has 0 saturated carbocycles. The number of benzene rings is 1. The maximum absolute atomic E-state index is 12.0. The smallest absolute Gasteiger partial charge is 0.326 e. The van der Waals surface area contributed by atoms with Crippen LogP contribution in [0.25, 0.3) is 0 Å². The Morgan fingerprint density at radius 3 is 2.72 bits per heavy atom. The van der Waals surface area contributed by atoms with E-state index < -0.39 is 24.8 Å². The van der Waals surface area contributed by atoms with Gasteiger partial charge in [0.2, 0.25) is 5.91 Å². The largest absolute Gasteiger partial charge is 0.389 e. The van der Waals surface area contributed by atoms with Gasteiger partial charge >= 0.3 is 6.18 Å². The van der Waals surface area contributed by atoms with Crippen molar-refractivity contribution < 1.29 is 22.8 Å². The summed E-state index contributed by atoms with van der Waals surface area (Å²) in [5.41, 5.74) is 1.49. The summed E-state index contributed by atoms with van der Waals surface area (Å²) in [6, 6.07) is 4.45. The summed E-state index contributed by atoms with van der Waals surface area (Å²) < 4.78 is 36.0. The average molecular weight is 257 g/mol. The Morgan fingerprint density at radius 2 is 2.06 bits per heavy atom. The van der Waals surface area contributed by atoms with E-state index >= 15 is 0 Å². The van der Waals surface area contributed by atoms with E-state index in [0.717, 1.165) is 0 Å². The fourth-order valence-electron chi connectivity index (χ4n) is 1.80. The third kappa shape index (κ3) is 2.88. The lowest BCUT2D eigenvalue weighted by atomic mass is 10.0. The lowest BCUT2D eigenvalue weighted by molar-refractivity contribution is -0.133. The van der Waals surface area contributed by atoms with Crippen LogP contribution in [0, 0.1) is 0 Å². The van der Waals surface area contributed by atoms with Crippen LogP contribution in [0.2, 0.25) is 0 Å².